The lowest BCUT2D eigenvalue weighted by atomic mass is 10.1. The minimum Gasteiger partial charge on any atom is -0.496 e. The Labute approximate surface area is 113 Å². The van der Waals surface area contributed by atoms with Crippen molar-refractivity contribution in [3.63, 3.8) is 0 Å². The van der Waals surface area contributed by atoms with Gasteiger partial charge in [-0.2, -0.15) is 0 Å². The quantitative estimate of drug-likeness (QED) is 0.453. The van der Waals surface area contributed by atoms with Crippen molar-refractivity contribution in [1.29, 1.82) is 0 Å². The highest BCUT2D eigenvalue weighted by Crippen LogP contribution is 2.45. The molecular formula is C12H10N6O2. The Balaban J connectivity index is 3.02. The van der Waals surface area contributed by atoms with E-state index in [1.54, 1.807) is 24.3 Å². The predicted molar refractivity (Wildman–Crippen MR) is 74.7 cm³/mol. The third kappa shape index (κ3) is 2.12. The molecule has 0 aliphatic carbocycles. The van der Waals surface area contributed by atoms with Crippen molar-refractivity contribution in [3.8, 4) is 11.5 Å². The Kier molecular flexibility index (Phi) is 3.81. The van der Waals surface area contributed by atoms with Gasteiger partial charge >= 0.3 is 0 Å². The van der Waals surface area contributed by atoms with Gasteiger partial charge in [-0.05, 0) is 28.6 Å². The molecule has 0 heterocycles. The third-order valence-corrected chi connectivity index (χ3v) is 2.79. The fourth-order valence-electron chi connectivity index (χ4n) is 1.96. The van der Waals surface area contributed by atoms with E-state index in [-0.39, 0.29) is 11.4 Å². The average Bonchev–Trinajstić information content (AvgIpc) is 2.48. The van der Waals surface area contributed by atoms with Crippen molar-refractivity contribution < 1.29 is 9.47 Å². The van der Waals surface area contributed by atoms with Crippen LogP contribution in [-0.4, -0.2) is 14.2 Å². The van der Waals surface area contributed by atoms with Gasteiger partial charge in [0.1, 0.15) is 11.5 Å². The Morgan fingerprint density at radius 1 is 0.850 bits per heavy atom. The van der Waals surface area contributed by atoms with Crippen LogP contribution in [0.25, 0.3) is 31.7 Å². The molecule has 0 N–H and O–H groups in total. The number of benzene rings is 2. The van der Waals surface area contributed by atoms with Gasteiger partial charge < -0.3 is 9.47 Å². The van der Waals surface area contributed by atoms with Gasteiger partial charge in [-0.25, -0.2) is 0 Å². The van der Waals surface area contributed by atoms with E-state index < -0.39 is 0 Å². The number of hydrogen-bond donors (Lipinski definition) is 0. The molecule has 0 aliphatic heterocycles. The van der Waals surface area contributed by atoms with Crippen LogP contribution in [0.15, 0.2) is 34.5 Å². The Hall–Kier alpha value is -3.08. The summed E-state index contributed by atoms with van der Waals surface area (Å²) in [6, 6.07) is 6.91. The molecular weight excluding hydrogens is 260 g/mol. The van der Waals surface area contributed by atoms with E-state index in [4.69, 9.17) is 20.5 Å². The van der Waals surface area contributed by atoms with E-state index in [1.165, 1.54) is 14.2 Å². The molecule has 0 radical (unpaired) electrons. The van der Waals surface area contributed by atoms with Crippen LogP contribution in [0.4, 0.5) is 11.4 Å². The maximum Gasteiger partial charge on any atom is 0.129 e. The first-order valence-electron chi connectivity index (χ1n) is 5.54. The summed E-state index contributed by atoms with van der Waals surface area (Å²) in [5, 5.41) is 8.51. The van der Waals surface area contributed by atoms with Gasteiger partial charge in [0.2, 0.25) is 0 Å². The van der Waals surface area contributed by atoms with Gasteiger partial charge in [-0.15, -0.1) is 0 Å². The standard InChI is InChI=1S/C12H10N6O2/c1-19-8-5-3-7-4-6-9(20-2)12(16-18-14)10(7)11(8)15-17-13/h3-6H,1-2H3. The molecule has 2 aromatic carbocycles. The second-order valence-electron chi connectivity index (χ2n) is 3.71. The smallest absolute Gasteiger partial charge is 0.129 e. The number of azide groups is 2. The fourth-order valence-corrected chi connectivity index (χ4v) is 1.96. The number of nitrogens with zero attached hydrogens (tertiary/aromatic N) is 6. The van der Waals surface area contributed by atoms with Crippen molar-refractivity contribution in [2.24, 2.45) is 10.2 Å². The first-order chi connectivity index (χ1) is 9.76. The lowest BCUT2D eigenvalue weighted by Crippen LogP contribution is -1.88. The monoisotopic (exact) mass is 270 g/mol. The molecule has 2 aromatic rings. The van der Waals surface area contributed by atoms with Crippen LogP contribution >= 0.6 is 0 Å². The number of rotatable bonds is 4. The molecule has 20 heavy (non-hydrogen) atoms. The summed E-state index contributed by atoms with van der Waals surface area (Å²) in [5.41, 5.74) is 17.9. The zero-order chi connectivity index (χ0) is 14.5. The van der Waals surface area contributed by atoms with Crippen molar-refractivity contribution in [2.75, 3.05) is 14.2 Å². The van der Waals surface area contributed by atoms with Crippen LogP contribution in [0.3, 0.4) is 0 Å². The minimum absolute atomic E-state index is 0.258. The molecule has 8 heteroatoms. The number of ether oxygens (including phenoxy) is 2. The van der Waals surface area contributed by atoms with E-state index in [9.17, 15) is 0 Å². The first-order valence-corrected chi connectivity index (χ1v) is 5.54. The number of hydrogen-bond acceptors (Lipinski definition) is 4. The Morgan fingerprint density at radius 2 is 1.30 bits per heavy atom. The molecule has 0 atom stereocenters. The van der Waals surface area contributed by atoms with E-state index >= 15 is 0 Å². The van der Waals surface area contributed by atoms with E-state index in [1.807, 2.05) is 0 Å². The van der Waals surface area contributed by atoms with Crippen LogP contribution in [0.1, 0.15) is 0 Å². The second kappa shape index (κ2) is 5.71. The van der Waals surface area contributed by atoms with Gasteiger partial charge in [-0.3, -0.25) is 0 Å². The highest BCUT2D eigenvalue weighted by Gasteiger charge is 2.14. The van der Waals surface area contributed by atoms with Gasteiger partial charge in [0, 0.05) is 15.2 Å². The van der Waals surface area contributed by atoms with Crippen molar-refractivity contribution in [1.82, 2.24) is 0 Å². The largest absolute Gasteiger partial charge is 0.496 e. The lowest BCUT2D eigenvalue weighted by Gasteiger charge is -2.12. The van der Waals surface area contributed by atoms with Crippen LogP contribution < -0.4 is 9.47 Å². The Bertz CT molecular complexity index is 699. The topological polar surface area (TPSA) is 116 Å². The van der Waals surface area contributed by atoms with Gasteiger partial charge in [-0.1, -0.05) is 22.4 Å². The molecule has 0 amide bonds. The number of fused-ring (bicyclic) bond motifs is 1. The number of methoxy groups -OCH3 is 2. The normalized spacial score (nSPS) is 9.50. The molecule has 0 saturated heterocycles. The molecule has 0 spiro atoms. The maximum atomic E-state index is 8.71. The molecule has 0 aliphatic rings. The third-order valence-electron chi connectivity index (χ3n) is 2.79. The van der Waals surface area contributed by atoms with Gasteiger partial charge in [0.05, 0.1) is 25.6 Å². The molecule has 0 unspecified atom stereocenters. The van der Waals surface area contributed by atoms with Crippen molar-refractivity contribution in [2.45, 2.75) is 0 Å². The summed E-state index contributed by atoms with van der Waals surface area (Å²) in [7, 11) is 2.93. The Morgan fingerprint density at radius 3 is 1.65 bits per heavy atom. The van der Waals surface area contributed by atoms with Crippen LogP contribution in [0, 0.1) is 0 Å². The summed E-state index contributed by atoms with van der Waals surface area (Å²) < 4.78 is 10.3. The van der Waals surface area contributed by atoms with E-state index in [0.717, 1.165) is 5.39 Å². The SMILES string of the molecule is COc1ccc2ccc(OC)c(N=[N+]=[N-])c2c1N=[N+]=[N-]. The highest BCUT2D eigenvalue weighted by molar-refractivity contribution is 6.05. The predicted octanol–water partition coefficient (Wildman–Crippen LogP) is 4.74. The fraction of sp³-hybridized carbons (Fsp3) is 0.167. The molecule has 0 fully saturated rings. The summed E-state index contributed by atoms with van der Waals surface area (Å²) >= 11 is 0. The summed E-state index contributed by atoms with van der Waals surface area (Å²) in [6.45, 7) is 0. The molecule has 0 saturated carbocycles. The summed E-state index contributed by atoms with van der Waals surface area (Å²) in [6.07, 6.45) is 0. The lowest BCUT2D eigenvalue weighted by molar-refractivity contribution is 0.415. The van der Waals surface area contributed by atoms with Crippen molar-refractivity contribution in [3.05, 3.63) is 45.2 Å². The van der Waals surface area contributed by atoms with Crippen molar-refractivity contribution >= 4 is 22.1 Å². The maximum absolute atomic E-state index is 8.71. The summed E-state index contributed by atoms with van der Waals surface area (Å²) in [4.78, 5) is 5.58. The molecule has 2 rings (SSSR count). The van der Waals surface area contributed by atoms with Crippen LogP contribution in [-0.2, 0) is 0 Å². The van der Waals surface area contributed by atoms with E-state index in [2.05, 4.69) is 20.1 Å². The molecule has 0 aromatic heterocycles. The average molecular weight is 270 g/mol. The molecule has 0 bridgehead atoms. The zero-order valence-electron chi connectivity index (χ0n) is 10.8. The zero-order valence-corrected chi connectivity index (χ0v) is 10.8. The van der Waals surface area contributed by atoms with Crippen LogP contribution in [0.2, 0.25) is 0 Å². The highest BCUT2D eigenvalue weighted by atomic mass is 16.5. The van der Waals surface area contributed by atoms with Gasteiger partial charge in [0.25, 0.3) is 0 Å². The summed E-state index contributed by atoms with van der Waals surface area (Å²) in [5.74, 6) is 0.774. The van der Waals surface area contributed by atoms with Gasteiger partial charge in [0.15, 0.2) is 0 Å². The molecule has 100 valence electrons. The van der Waals surface area contributed by atoms with Crippen LogP contribution in [0.5, 0.6) is 11.5 Å². The second-order valence-corrected chi connectivity index (χ2v) is 3.71. The first kappa shape index (κ1) is 13.4. The molecule has 8 nitrogen and oxygen atoms in total. The minimum atomic E-state index is 0.258. The van der Waals surface area contributed by atoms with E-state index in [0.29, 0.717) is 16.9 Å².